The number of hydrogen-bond donors (Lipinski definition) is 0. The normalized spacial score (nSPS) is 37.2. The van der Waals surface area contributed by atoms with Gasteiger partial charge in [0, 0.05) is 18.9 Å². The molecular weight excluding hydrogens is 204 g/mol. The van der Waals surface area contributed by atoms with Crippen molar-refractivity contribution in [2.75, 3.05) is 0 Å². The van der Waals surface area contributed by atoms with Gasteiger partial charge in [0.15, 0.2) is 0 Å². The zero-order valence-corrected chi connectivity index (χ0v) is 9.29. The first-order valence-corrected chi connectivity index (χ1v) is 5.76. The first-order valence-electron chi connectivity index (χ1n) is 5.76. The number of esters is 1. The number of hydrogen-bond acceptors (Lipinski definition) is 3. The van der Waals surface area contributed by atoms with E-state index in [1.54, 1.807) is 6.08 Å². The standard InChI is InChI=1S/C13H14O3/c1-13-7-10-8(6-12(15)16-10)5-9(13)3-2-4-11(13)14/h5-6,10H,2-4,7H2,1H3. The molecule has 0 bridgehead atoms. The van der Waals surface area contributed by atoms with Crippen LogP contribution in [0.5, 0.6) is 0 Å². The van der Waals surface area contributed by atoms with Crippen molar-refractivity contribution < 1.29 is 14.3 Å². The average molecular weight is 218 g/mol. The maximum Gasteiger partial charge on any atom is 0.331 e. The Morgan fingerprint density at radius 2 is 2.12 bits per heavy atom. The summed E-state index contributed by atoms with van der Waals surface area (Å²) < 4.78 is 5.20. The molecule has 1 heterocycles. The lowest BCUT2D eigenvalue weighted by Crippen LogP contribution is -2.40. The summed E-state index contributed by atoms with van der Waals surface area (Å²) in [7, 11) is 0. The van der Waals surface area contributed by atoms with Gasteiger partial charge in [-0.1, -0.05) is 11.6 Å². The zero-order valence-electron chi connectivity index (χ0n) is 9.29. The molecule has 0 saturated heterocycles. The molecule has 3 aliphatic rings. The van der Waals surface area contributed by atoms with E-state index in [-0.39, 0.29) is 17.5 Å². The fraction of sp³-hybridized carbons (Fsp3) is 0.538. The Kier molecular flexibility index (Phi) is 1.88. The Hall–Kier alpha value is -1.38. The molecule has 0 spiro atoms. The molecule has 84 valence electrons. The van der Waals surface area contributed by atoms with Crippen LogP contribution in [0.3, 0.4) is 0 Å². The molecule has 3 rings (SSSR count). The Morgan fingerprint density at radius 3 is 2.94 bits per heavy atom. The summed E-state index contributed by atoms with van der Waals surface area (Å²) in [5, 5.41) is 0. The lowest BCUT2D eigenvalue weighted by atomic mass is 9.64. The van der Waals surface area contributed by atoms with E-state index in [0.29, 0.717) is 18.6 Å². The van der Waals surface area contributed by atoms with Crippen molar-refractivity contribution >= 4 is 11.8 Å². The fourth-order valence-corrected chi connectivity index (χ4v) is 2.98. The second-order valence-electron chi connectivity index (χ2n) is 5.05. The summed E-state index contributed by atoms with van der Waals surface area (Å²) in [4.78, 5) is 23.2. The Bertz CT molecular complexity index is 444. The number of ether oxygens (including phenoxy) is 1. The van der Waals surface area contributed by atoms with E-state index in [1.807, 2.05) is 13.0 Å². The van der Waals surface area contributed by atoms with Crippen LogP contribution in [-0.2, 0) is 14.3 Å². The van der Waals surface area contributed by atoms with E-state index in [0.717, 1.165) is 18.4 Å². The molecule has 0 N–H and O–H groups in total. The van der Waals surface area contributed by atoms with E-state index >= 15 is 0 Å². The number of rotatable bonds is 0. The minimum Gasteiger partial charge on any atom is -0.454 e. The van der Waals surface area contributed by atoms with Gasteiger partial charge in [0.1, 0.15) is 11.9 Å². The first-order chi connectivity index (χ1) is 7.59. The maximum atomic E-state index is 12.0. The number of Topliss-reactive ketones (excluding diaryl/α,β-unsaturated/α-hetero) is 1. The topological polar surface area (TPSA) is 43.4 Å². The number of carbonyl (C=O) groups is 2. The molecule has 3 heteroatoms. The summed E-state index contributed by atoms with van der Waals surface area (Å²) in [5.41, 5.74) is 1.75. The molecule has 2 atom stereocenters. The molecule has 0 aromatic heterocycles. The summed E-state index contributed by atoms with van der Waals surface area (Å²) in [5.74, 6) is 0.0264. The smallest absolute Gasteiger partial charge is 0.331 e. The van der Waals surface area contributed by atoms with Gasteiger partial charge >= 0.3 is 5.97 Å². The van der Waals surface area contributed by atoms with Crippen LogP contribution in [0, 0.1) is 5.41 Å². The SMILES string of the molecule is CC12CC3OC(=O)C=C3C=C1CCCC2=O. The lowest BCUT2D eigenvalue weighted by molar-refractivity contribution is -0.142. The van der Waals surface area contributed by atoms with Crippen LogP contribution in [0.2, 0.25) is 0 Å². The summed E-state index contributed by atoms with van der Waals surface area (Å²) in [6.45, 7) is 1.99. The van der Waals surface area contributed by atoms with Crippen molar-refractivity contribution in [3.8, 4) is 0 Å². The van der Waals surface area contributed by atoms with Gasteiger partial charge in [0.25, 0.3) is 0 Å². The predicted octanol–water partition coefficient (Wildman–Crippen LogP) is 1.93. The third kappa shape index (κ3) is 1.20. The maximum absolute atomic E-state index is 12.0. The van der Waals surface area contributed by atoms with E-state index in [9.17, 15) is 9.59 Å². The van der Waals surface area contributed by atoms with Crippen molar-refractivity contribution in [1.82, 2.24) is 0 Å². The van der Waals surface area contributed by atoms with Gasteiger partial charge in [-0.3, -0.25) is 4.79 Å². The van der Waals surface area contributed by atoms with Gasteiger partial charge < -0.3 is 4.74 Å². The molecule has 2 unspecified atom stereocenters. The highest BCUT2D eigenvalue weighted by Crippen LogP contribution is 2.47. The molecule has 0 aromatic carbocycles. The second-order valence-corrected chi connectivity index (χ2v) is 5.05. The van der Waals surface area contributed by atoms with E-state index in [2.05, 4.69) is 0 Å². The molecule has 1 saturated carbocycles. The molecular formula is C13H14O3. The third-order valence-electron chi connectivity index (χ3n) is 4.02. The van der Waals surface area contributed by atoms with Gasteiger partial charge in [-0.2, -0.15) is 0 Å². The first kappa shape index (κ1) is 9.82. The highest BCUT2D eigenvalue weighted by Gasteiger charge is 2.46. The van der Waals surface area contributed by atoms with Crippen LogP contribution >= 0.6 is 0 Å². The van der Waals surface area contributed by atoms with Crippen molar-refractivity contribution in [1.29, 1.82) is 0 Å². The lowest BCUT2D eigenvalue weighted by Gasteiger charge is -2.40. The van der Waals surface area contributed by atoms with Gasteiger partial charge in [-0.05, 0) is 25.3 Å². The monoisotopic (exact) mass is 218 g/mol. The van der Waals surface area contributed by atoms with E-state index in [1.165, 1.54) is 5.57 Å². The predicted molar refractivity (Wildman–Crippen MR) is 57.6 cm³/mol. The molecule has 0 aromatic rings. The van der Waals surface area contributed by atoms with E-state index in [4.69, 9.17) is 4.74 Å². The minimum atomic E-state index is -0.384. The molecule has 0 amide bonds. The zero-order chi connectivity index (χ0) is 11.3. The average Bonchev–Trinajstić information content (AvgIpc) is 2.56. The van der Waals surface area contributed by atoms with Crippen molar-refractivity contribution in [2.45, 2.75) is 38.7 Å². The van der Waals surface area contributed by atoms with Gasteiger partial charge in [-0.25, -0.2) is 4.79 Å². The number of allylic oxidation sites excluding steroid dienone is 1. The van der Waals surface area contributed by atoms with E-state index < -0.39 is 0 Å². The molecule has 2 aliphatic carbocycles. The summed E-state index contributed by atoms with van der Waals surface area (Å²) in [6.07, 6.45) is 6.58. The third-order valence-corrected chi connectivity index (χ3v) is 4.02. The minimum absolute atomic E-state index is 0.191. The second kappa shape index (κ2) is 3.06. The van der Waals surface area contributed by atoms with Crippen molar-refractivity contribution in [3.63, 3.8) is 0 Å². The highest BCUT2D eigenvalue weighted by molar-refractivity contribution is 5.91. The molecule has 1 fully saturated rings. The number of ketones is 1. The highest BCUT2D eigenvalue weighted by atomic mass is 16.5. The largest absolute Gasteiger partial charge is 0.454 e. The van der Waals surface area contributed by atoms with Crippen LogP contribution in [0.1, 0.15) is 32.6 Å². The van der Waals surface area contributed by atoms with Crippen molar-refractivity contribution in [2.24, 2.45) is 5.41 Å². The van der Waals surface area contributed by atoms with Gasteiger partial charge in [0.2, 0.25) is 0 Å². The Labute approximate surface area is 94.2 Å². The fourth-order valence-electron chi connectivity index (χ4n) is 2.98. The van der Waals surface area contributed by atoms with Gasteiger partial charge in [-0.15, -0.1) is 0 Å². The van der Waals surface area contributed by atoms with Crippen LogP contribution in [-0.4, -0.2) is 17.9 Å². The Morgan fingerprint density at radius 1 is 1.31 bits per heavy atom. The number of fused-ring (bicyclic) bond motifs is 2. The molecule has 1 aliphatic heterocycles. The molecule has 0 radical (unpaired) electrons. The van der Waals surface area contributed by atoms with Crippen LogP contribution < -0.4 is 0 Å². The van der Waals surface area contributed by atoms with Gasteiger partial charge in [0.05, 0.1) is 5.41 Å². The van der Waals surface area contributed by atoms with Crippen LogP contribution in [0.15, 0.2) is 23.3 Å². The van der Waals surface area contributed by atoms with Crippen molar-refractivity contribution in [3.05, 3.63) is 23.3 Å². The van der Waals surface area contributed by atoms with Crippen LogP contribution in [0.4, 0.5) is 0 Å². The quantitative estimate of drug-likeness (QED) is 0.583. The Balaban J connectivity index is 2.04. The number of carbonyl (C=O) groups excluding carboxylic acids is 2. The summed E-state index contributed by atoms with van der Waals surface area (Å²) >= 11 is 0. The molecule has 16 heavy (non-hydrogen) atoms. The van der Waals surface area contributed by atoms with Crippen LogP contribution in [0.25, 0.3) is 0 Å². The summed E-state index contributed by atoms with van der Waals surface area (Å²) in [6, 6.07) is 0. The molecule has 3 nitrogen and oxygen atoms in total.